The number of hydrogen-bond acceptors (Lipinski definition) is 3. The summed E-state index contributed by atoms with van der Waals surface area (Å²) in [6.07, 6.45) is 1.81. The van der Waals surface area contributed by atoms with Gasteiger partial charge in [0.1, 0.15) is 0 Å². The van der Waals surface area contributed by atoms with Gasteiger partial charge in [-0.3, -0.25) is 4.79 Å². The maximum atomic E-state index is 12.5. The van der Waals surface area contributed by atoms with Crippen LogP contribution in [0.5, 0.6) is 0 Å². The van der Waals surface area contributed by atoms with Gasteiger partial charge < -0.3 is 15.8 Å². The van der Waals surface area contributed by atoms with Crippen molar-refractivity contribution in [1.29, 1.82) is 0 Å². The molecule has 0 saturated carbocycles. The smallest absolute Gasteiger partial charge is 0.253 e. The summed E-state index contributed by atoms with van der Waals surface area (Å²) in [5.74, 6) is -0.118. The zero-order valence-electron chi connectivity index (χ0n) is 14.0. The van der Waals surface area contributed by atoms with Gasteiger partial charge in [-0.05, 0) is 43.0 Å². The van der Waals surface area contributed by atoms with E-state index in [2.05, 4.69) is 36.5 Å². The maximum Gasteiger partial charge on any atom is 0.253 e. The van der Waals surface area contributed by atoms with Gasteiger partial charge in [0, 0.05) is 30.9 Å². The first-order valence-corrected chi connectivity index (χ1v) is 8.39. The molecule has 126 valence electrons. The Labute approximate surface area is 143 Å². The first-order valence-electron chi connectivity index (χ1n) is 8.39. The van der Waals surface area contributed by atoms with Crippen LogP contribution in [0.2, 0.25) is 0 Å². The van der Waals surface area contributed by atoms with Crippen LogP contribution in [0.15, 0.2) is 48.5 Å². The highest BCUT2D eigenvalue weighted by Gasteiger charge is 2.35. The van der Waals surface area contributed by atoms with Gasteiger partial charge in [-0.25, -0.2) is 0 Å². The van der Waals surface area contributed by atoms with E-state index in [1.807, 2.05) is 12.1 Å². The third-order valence-corrected chi connectivity index (χ3v) is 4.96. The molecule has 2 aromatic rings. The van der Waals surface area contributed by atoms with E-state index in [4.69, 9.17) is 10.5 Å². The summed E-state index contributed by atoms with van der Waals surface area (Å²) in [6, 6.07) is 15.6. The minimum Gasteiger partial charge on any atom is -0.398 e. The van der Waals surface area contributed by atoms with Gasteiger partial charge in [0.2, 0.25) is 0 Å². The summed E-state index contributed by atoms with van der Waals surface area (Å²) in [7, 11) is 0. The lowest BCUT2D eigenvalue weighted by atomic mass is 9.72. The molecule has 0 spiro atoms. The van der Waals surface area contributed by atoms with Crippen molar-refractivity contribution in [2.24, 2.45) is 0 Å². The van der Waals surface area contributed by atoms with Gasteiger partial charge in [-0.15, -0.1) is 0 Å². The summed E-state index contributed by atoms with van der Waals surface area (Å²) in [5.41, 5.74) is 9.43. The largest absolute Gasteiger partial charge is 0.398 e. The molecule has 2 aromatic carbocycles. The van der Waals surface area contributed by atoms with Crippen molar-refractivity contribution >= 4 is 11.6 Å². The molecule has 0 atom stereocenters. The number of carbonyl (C=O) groups is 1. The highest BCUT2D eigenvalue weighted by molar-refractivity contribution is 5.99. The molecular weight excluding hydrogens is 300 g/mol. The number of benzene rings is 2. The van der Waals surface area contributed by atoms with Gasteiger partial charge >= 0.3 is 0 Å². The van der Waals surface area contributed by atoms with Crippen molar-refractivity contribution in [3.8, 4) is 0 Å². The molecule has 4 nitrogen and oxygen atoms in total. The van der Waals surface area contributed by atoms with Gasteiger partial charge in [0.05, 0.1) is 5.56 Å². The molecule has 0 bridgehead atoms. The van der Waals surface area contributed by atoms with Gasteiger partial charge in [-0.2, -0.15) is 0 Å². The number of rotatable bonds is 4. The topological polar surface area (TPSA) is 64.4 Å². The van der Waals surface area contributed by atoms with Crippen LogP contribution in [-0.4, -0.2) is 25.7 Å². The first kappa shape index (κ1) is 16.5. The Balaban J connectivity index is 1.82. The van der Waals surface area contributed by atoms with E-state index in [-0.39, 0.29) is 11.3 Å². The lowest BCUT2D eigenvalue weighted by molar-refractivity contribution is 0.0485. The summed E-state index contributed by atoms with van der Waals surface area (Å²) < 4.78 is 5.56. The second-order valence-electron chi connectivity index (χ2n) is 6.48. The fraction of sp³-hybridized carbons (Fsp3) is 0.350. The Bertz CT molecular complexity index is 721. The predicted molar refractivity (Wildman–Crippen MR) is 96.1 cm³/mol. The Hall–Kier alpha value is -2.33. The van der Waals surface area contributed by atoms with Crippen LogP contribution in [0.25, 0.3) is 0 Å². The van der Waals surface area contributed by atoms with Crippen molar-refractivity contribution < 1.29 is 9.53 Å². The standard InChI is InChI=1S/C20H24N2O2/c1-15-6-2-4-8-17(15)20(10-12-24-13-11-20)14-22-19(23)16-7-3-5-9-18(16)21/h2-9H,10-14,21H2,1H3,(H,22,23). The number of aryl methyl sites for hydroxylation is 1. The van der Waals surface area contributed by atoms with Crippen LogP contribution >= 0.6 is 0 Å². The molecule has 0 aromatic heterocycles. The average molecular weight is 324 g/mol. The quantitative estimate of drug-likeness (QED) is 0.850. The molecule has 3 rings (SSSR count). The Morgan fingerprint density at radius 1 is 1.12 bits per heavy atom. The van der Waals surface area contributed by atoms with E-state index in [0.717, 1.165) is 26.1 Å². The summed E-state index contributed by atoms with van der Waals surface area (Å²) in [4.78, 5) is 12.5. The fourth-order valence-corrected chi connectivity index (χ4v) is 3.52. The predicted octanol–water partition coefficient (Wildman–Crippen LogP) is 3.06. The molecule has 1 saturated heterocycles. The average Bonchev–Trinajstić information content (AvgIpc) is 2.61. The number of amides is 1. The molecule has 0 aliphatic carbocycles. The molecular formula is C20H24N2O2. The van der Waals surface area contributed by atoms with E-state index in [9.17, 15) is 4.79 Å². The lowest BCUT2D eigenvalue weighted by Gasteiger charge is -2.39. The van der Waals surface area contributed by atoms with Crippen molar-refractivity contribution in [3.05, 3.63) is 65.2 Å². The number of nitrogens with one attached hydrogen (secondary N) is 1. The van der Waals surface area contributed by atoms with Crippen molar-refractivity contribution in [2.75, 3.05) is 25.5 Å². The third-order valence-electron chi connectivity index (χ3n) is 4.96. The number of carbonyl (C=O) groups excluding carboxylic acids is 1. The lowest BCUT2D eigenvalue weighted by Crippen LogP contribution is -2.45. The first-order chi connectivity index (χ1) is 11.6. The van der Waals surface area contributed by atoms with Crippen LogP contribution in [-0.2, 0) is 10.2 Å². The van der Waals surface area contributed by atoms with Gasteiger partial charge in [0.25, 0.3) is 5.91 Å². The van der Waals surface area contributed by atoms with E-state index >= 15 is 0 Å². The van der Waals surface area contributed by atoms with Gasteiger partial charge in [0.15, 0.2) is 0 Å². The normalized spacial score (nSPS) is 16.5. The van der Waals surface area contributed by atoms with E-state index in [0.29, 0.717) is 17.8 Å². The number of ether oxygens (including phenoxy) is 1. The van der Waals surface area contributed by atoms with Crippen LogP contribution in [0.1, 0.15) is 34.3 Å². The highest BCUT2D eigenvalue weighted by atomic mass is 16.5. The van der Waals surface area contributed by atoms with Crippen LogP contribution in [0, 0.1) is 6.92 Å². The Kier molecular flexibility index (Phi) is 4.86. The van der Waals surface area contributed by atoms with E-state index < -0.39 is 0 Å². The van der Waals surface area contributed by atoms with E-state index in [1.54, 1.807) is 12.1 Å². The second kappa shape index (κ2) is 7.05. The van der Waals surface area contributed by atoms with Crippen LogP contribution in [0.4, 0.5) is 5.69 Å². The van der Waals surface area contributed by atoms with Crippen LogP contribution < -0.4 is 11.1 Å². The SMILES string of the molecule is Cc1ccccc1C1(CNC(=O)c2ccccc2N)CCOCC1. The molecule has 1 aliphatic rings. The molecule has 0 unspecified atom stereocenters. The van der Waals surface area contributed by atoms with Crippen molar-refractivity contribution in [3.63, 3.8) is 0 Å². The molecule has 1 heterocycles. The zero-order valence-corrected chi connectivity index (χ0v) is 14.0. The summed E-state index contributed by atoms with van der Waals surface area (Å²) in [6.45, 7) is 4.16. The number of nitrogens with two attached hydrogens (primary N) is 1. The molecule has 0 radical (unpaired) electrons. The summed E-state index contributed by atoms with van der Waals surface area (Å²) >= 11 is 0. The maximum absolute atomic E-state index is 12.5. The number of hydrogen-bond donors (Lipinski definition) is 2. The molecule has 4 heteroatoms. The Morgan fingerprint density at radius 3 is 2.50 bits per heavy atom. The van der Waals surface area contributed by atoms with E-state index in [1.165, 1.54) is 11.1 Å². The van der Waals surface area contributed by atoms with Crippen molar-refractivity contribution in [1.82, 2.24) is 5.32 Å². The molecule has 24 heavy (non-hydrogen) atoms. The monoisotopic (exact) mass is 324 g/mol. The van der Waals surface area contributed by atoms with Gasteiger partial charge in [-0.1, -0.05) is 36.4 Å². The minimum atomic E-state index is -0.118. The Morgan fingerprint density at radius 2 is 1.79 bits per heavy atom. The molecule has 1 fully saturated rings. The molecule has 3 N–H and O–H groups in total. The zero-order chi connectivity index (χ0) is 17.0. The number of para-hydroxylation sites is 1. The fourth-order valence-electron chi connectivity index (χ4n) is 3.52. The summed E-state index contributed by atoms with van der Waals surface area (Å²) in [5, 5.41) is 3.10. The second-order valence-corrected chi connectivity index (χ2v) is 6.48. The van der Waals surface area contributed by atoms with Crippen molar-refractivity contribution in [2.45, 2.75) is 25.2 Å². The van der Waals surface area contributed by atoms with Crippen LogP contribution in [0.3, 0.4) is 0 Å². The molecule has 1 aliphatic heterocycles. The highest BCUT2D eigenvalue weighted by Crippen LogP contribution is 2.36. The third kappa shape index (κ3) is 3.29. The minimum absolute atomic E-state index is 0.0806. The number of anilines is 1. The number of nitrogen functional groups attached to an aromatic ring is 1. The molecule has 1 amide bonds.